The Morgan fingerprint density at radius 1 is 1.50 bits per heavy atom. The summed E-state index contributed by atoms with van der Waals surface area (Å²) >= 11 is 0. The third kappa shape index (κ3) is 1.83. The second-order valence-corrected chi connectivity index (χ2v) is 6.93. The van der Waals surface area contributed by atoms with Gasteiger partial charge in [0, 0.05) is 6.07 Å². The summed E-state index contributed by atoms with van der Waals surface area (Å²) in [5, 5.41) is 8.94. The molecule has 1 aliphatic rings. The first-order chi connectivity index (χ1) is 8.11. The van der Waals surface area contributed by atoms with Gasteiger partial charge < -0.3 is 9.52 Å². The molecular formula is C11H15NO5S. The van der Waals surface area contributed by atoms with Crippen LogP contribution in [0.3, 0.4) is 0 Å². The van der Waals surface area contributed by atoms with Crippen molar-refractivity contribution >= 4 is 16.0 Å². The zero-order valence-corrected chi connectivity index (χ0v) is 11.2. The van der Waals surface area contributed by atoms with Crippen molar-refractivity contribution in [3.63, 3.8) is 0 Å². The molecule has 1 heterocycles. The molecule has 0 saturated heterocycles. The van der Waals surface area contributed by atoms with Gasteiger partial charge in [0.2, 0.25) is 5.09 Å². The average molecular weight is 273 g/mol. The molecule has 0 spiro atoms. The van der Waals surface area contributed by atoms with Crippen LogP contribution < -0.4 is 4.72 Å². The summed E-state index contributed by atoms with van der Waals surface area (Å²) in [6.45, 7) is 5.10. The van der Waals surface area contributed by atoms with Crippen LogP contribution >= 0.6 is 0 Å². The highest BCUT2D eigenvalue weighted by Crippen LogP contribution is 2.56. The number of rotatable bonds is 4. The Hall–Kier alpha value is -1.34. The molecule has 0 radical (unpaired) electrons. The molecule has 0 bridgehead atoms. The van der Waals surface area contributed by atoms with E-state index in [1.807, 2.05) is 0 Å². The topological polar surface area (TPSA) is 96.6 Å². The summed E-state index contributed by atoms with van der Waals surface area (Å²) < 4.78 is 31.2. The largest absolute Gasteiger partial charge is 0.480 e. The van der Waals surface area contributed by atoms with Crippen molar-refractivity contribution in [1.82, 2.24) is 4.72 Å². The maximum absolute atomic E-state index is 12.0. The quantitative estimate of drug-likeness (QED) is 0.856. The van der Waals surface area contributed by atoms with Gasteiger partial charge in [0.1, 0.15) is 5.54 Å². The molecule has 0 amide bonds. The van der Waals surface area contributed by atoms with Gasteiger partial charge in [0.15, 0.2) is 0 Å². The molecular weight excluding hydrogens is 258 g/mol. The fourth-order valence-corrected chi connectivity index (χ4v) is 3.54. The highest BCUT2D eigenvalue weighted by atomic mass is 32.2. The van der Waals surface area contributed by atoms with E-state index < -0.39 is 26.9 Å². The molecule has 18 heavy (non-hydrogen) atoms. The van der Waals surface area contributed by atoms with Crippen LogP contribution in [0.2, 0.25) is 0 Å². The molecule has 2 N–H and O–H groups in total. The van der Waals surface area contributed by atoms with E-state index in [0.29, 0.717) is 5.56 Å². The second kappa shape index (κ2) is 3.58. The SMILES string of the molecule is Cc1coc(S(=O)(=O)NC2(C(=O)O)CC2(C)C)c1. The van der Waals surface area contributed by atoms with Gasteiger partial charge in [0.25, 0.3) is 10.0 Å². The molecule has 1 saturated carbocycles. The lowest BCUT2D eigenvalue weighted by molar-refractivity contribution is -0.141. The van der Waals surface area contributed by atoms with Crippen molar-refractivity contribution in [2.24, 2.45) is 5.41 Å². The lowest BCUT2D eigenvalue weighted by atomic mass is 10.1. The minimum Gasteiger partial charge on any atom is -0.480 e. The number of carboxylic acids is 1. The van der Waals surface area contributed by atoms with Crippen LogP contribution in [-0.2, 0) is 14.8 Å². The van der Waals surface area contributed by atoms with E-state index >= 15 is 0 Å². The van der Waals surface area contributed by atoms with Crippen LogP contribution in [0.5, 0.6) is 0 Å². The molecule has 0 aliphatic heterocycles. The summed E-state index contributed by atoms with van der Waals surface area (Å²) in [7, 11) is -3.95. The second-order valence-electron chi connectivity index (χ2n) is 5.32. The number of nitrogens with one attached hydrogen (secondary N) is 1. The van der Waals surface area contributed by atoms with E-state index in [1.165, 1.54) is 12.3 Å². The molecule has 1 atom stereocenters. The van der Waals surface area contributed by atoms with Gasteiger partial charge in [-0.15, -0.1) is 0 Å². The lowest BCUT2D eigenvalue weighted by Gasteiger charge is -2.16. The number of carbonyl (C=O) groups is 1. The van der Waals surface area contributed by atoms with Crippen molar-refractivity contribution in [2.45, 2.75) is 37.8 Å². The van der Waals surface area contributed by atoms with Crippen molar-refractivity contribution in [2.75, 3.05) is 0 Å². The summed E-state index contributed by atoms with van der Waals surface area (Å²) in [6, 6.07) is 1.35. The first-order valence-electron chi connectivity index (χ1n) is 5.43. The van der Waals surface area contributed by atoms with Gasteiger partial charge in [0.05, 0.1) is 6.26 Å². The fraction of sp³-hybridized carbons (Fsp3) is 0.545. The Labute approximate surface area is 105 Å². The Balaban J connectivity index is 2.32. The summed E-state index contributed by atoms with van der Waals surface area (Å²) in [5.41, 5.74) is -1.38. The van der Waals surface area contributed by atoms with Crippen molar-refractivity contribution < 1.29 is 22.7 Å². The zero-order valence-electron chi connectivity index (χ0n) is 10.4. The minimum atomic E-state index is -3.95. The Bertz CT molecular complexity index is 601. The van der Waals surface area contributed by atoms with Gasteiger partial charge in [-0.25, -0.2) is 8.42 Å². The monoisotopic (exact) mass is 273 g/mol. The van der Waals surface area contributed by atoms with Crippen molar-refractivity contribution in [3.8, 4) is 0 Å². The lowest BCUT2D eigenvalue weighted by Crippen LogP contribution is -2.46. The van der Waals surface area contributed by atoms with Crippen LogP contribution in [0, 0.1) is 12.3 Å². The smallest absolute Gasteiger partial charge is 0.325 e. The van der Waals surface area contributed by atoms with Crippen LogP contribution in [0.1, 0.15) is 25.8 Å². The van der Waals surface area contributed by atoms with Crippen molar-refractivity contribution in [1.29, 1.82) is 0 Å². The normalized spacial score (nSPS) is 25.9. The highest BCUT2D eigenvalue weighted by molar-refractivity contribution is 7.89. The molecule has 1 aromatic rings. The Morgan fingerprint density at radius 3 is 2.39 bits per heavy atom. The predicted molar refractivity (Wildman–Crippen MR) is 62.5 cm³/mol. The van der Waals surface area contributed by atoms with E-state index in [0.717, 1.165) is 0 Å². The van der Waals surface area contributed by atoms with E-state index in [2.05, 4.69) is 4.72 Å². The average Bonchev–Trinajstić information content (AvgIpc) is 2.58. The molecule has 1 fully saturated rings. The maximum Gasteiger partial charge on any atom is 0.325 e. The van der Waals surface area contributed by atoms with Gasteiger partial charge in [-0.1, -0.05) is 13.8 Å². The number of aryl methyl sites for hydroxylation is 1. The summed E-state index contributed by atoms with van der Waals surface area (Å²) in [6.07, 6.45) is 1.56. The summed E-state index contributed by atoms with van der Waals surface area (Å²) in [5.74, 6) is -1.17. The molecule has 2 rings (SSSR count). The highest BCUT2D eigenvalue weighted by Gasteiger charge is 2.69. The molecule has 100 valence electrons. The van der Waals surface area contributed by atoms with E-state index in [4.69, 9.17) is 4.42 Å². The number of hydrogen-bond donors (Lipinski definition) is 2. The molecule has 0 aromatic carbocycles. The van der Waals surface area contributed by atoms with Crippen LogP contribution in [-0.4, -0.2) is 25.0 Å². The fourth-order valence-electron chi connectivity index (χ4n) is 2.03. The molecule has 1 aromatic heterocycles. The third-order valence-corrected chi connectivity index (χ3v) is 4.74. The van der Waals surface area contributed by atoms with Crippen LogP contribution in [0.15, 0.2) is 21.8 Å². The Morgan fingerprint density at radius 2 is 2.06 bits per heavy atom. The standard InChI is InChI=1S/C11H15NO5S/c1-7-4-8(17-5-7)18(15,16)12-11(9(13)14)6-10(11,2)3/h4-5,12H,6H2,1-3H3,(H,13,14). The maximum atomic E-state index is 12.0. The van der Waals surface area contributed by atoms with E-state index in [1.54, 1.807) is 20.8 Å². The van der Waals surface area contributed by atoms with Gasteiger partial charge in [-0.2, -0.15) is 4.72 Å². The number of sulfonamides is 1. The zero-order chi connectivity index (χ0) is 13.8. The van der Waals surface area contributed by atoms with Crippen LogP contribution in [0.4, 0.5) is 0 Å². The molecule has 6 nitrogen and oxygen atoms in total. The molecule has 1 aliphatic carbocycles. The van der Waals surface area contributed by atoms with E-state index in [9.17, 15) is 18.3 Å². The van der Waals surface area contributed by atoms with Crippen molar-refractivity contribution in [3.05, 3.63) is 17.9 Å². The molecule has 1 unspecified atom stereocenters. The number of hydrogen-bond acceptors (Lipinski definition) is 4. The first-order valence-corrected chi connectivity index (χ1v) is 6.92. The molecule has 7 heteroatoms. The summed E-state index contributed by atoms with van der Waals surface area (Å²) in [4.78, 5) is 11.3. The number of aliphatic carboxylic acids is 1. The third-order valence-electron chi connectivity index (χ3n) is 3.38. The number of furan rings is 1. The van der Waals surface area contributed by atoms with E-state index in [-0.39, 0.29) is 11.5 Å². The first kappa shape index (κ1) is 13.1. The predicted octanol–water partition coefficient (Wildman–Crippen LogP) is 1.12. The van der Waals surface area contributed by atoms with Gasteiger partial charge in [-0.3, -0.25) is 4.79 Å². The van der Waals surface area contributed by atoms with Gasteiger partial charge in [-0.05, 0) is 24.3 Å². The Kier molecular flexibility index (Phi) is 2.61. The van der Waals surface area contributed by atoms with Gasteiger partial charge >= 0.3 is 5.97 Å². The minimum absolute atomic E-state index is 0.258. The van der Waals surface area contributed by atoms with Crippen LogP contribution in [0.25, 0.3) is 0 Å². The number of carboxylic acid groups (broad SMARTS) is 1.